The number of nitrogens with zero attached hydrogens (tertiary/aromatic N) is 8. The zero-order valence-electron chi connectivity index (χ0n) is 33.7. The molecule has 15 heteroatoms. The van der Waals surface area contributed by atoms with Crippen molar-refractivity contribution in [3.63, 3.8) is 0 Å². The van der Waals surface area contributed by atoms with Crippen LogP contribution in [0.1, 0.15) is 12.8 Å². The third-order valence-corrected chi connectivity index (χ3v) is 11.1. The van der Waals surface area contributed by atoms with Crippen molar-refractivity contribution in [2.24, 2.45) is 0 Å². The SMILES string of the molecule is C[N+](C)(CCC(=O)O)CC(C[N+](C)(C)CCC(=O)O)Oc1ccc2c3nc4nc(nc5[nH]c(nc6nc(nc([nH]3)c2c1)-c1ccccc1-6)c1ccccc51)-c1ccccc1-4. The quantitative estimate of drug-likeness (QED) is 0.0959. The first-order chi connectivity index (χ1) is 28.8. The number of H-pyrrole nitrogens is 2. The van der Waals surface area contributed by atoms with Crippen LogP contribution in [-0.2, 0) is 9.59 Å². The maximum atomic E-state index is 11.5. The molecule has 0 saturated heterocycles. The van der Waals surface area contributed by atoms with E-state index in [2.05, 4.69) is 9.97 Å². The van der Waals surface area contributed by atoms with Crippen molar-refractivity contribution >= 4 is 56.1 Å². The van der Waals surface area contributed by atoms with E-state index in [1.165, 1.54) is 0 Å². The molecular weight excluding hydrogens is 761 g/mol. The first-order valence-corrected chi connectivity index (χ1v) is 19.8. The lowest BCUT2D eigenvalue weighted by Gasteiger charge is -2.37. The minimum Gasteiger partial charge on any atom is -0.481 e. The van der Waals surface area contributed by atoms with Gasteiger partial charge in [-0.3, -0.25) is 9.59 Å². The molecule has 15 nitrogen and oxygen atoms in total. The van der Waals surface area contributed by atoms with Gasteiger partial charge >= 0.3 is 11.9 Å². The number of quaternary nitrogens is 2. The largest absolute Gasteiger partial charge is 0.481 e. The number of nitrogens with one attached hydrogen (secondary N) is 2. The van der Waals surface area contributed by atoms with E-state index >= 15 is 0 Å². The number of benzene rings is 4. The van der Waals surface area contributed by atoms with Crippen molar-refractivity contribution in [1.82, 2.24) is 39.9 Å². The number of carboxylic acid groups (broad SMARTS) is 2. The summed E-state index contributed by atoms with van der Waals surface area (Å²) >= 11 is 0. The zero-order valence-corrected chi connectivity index (χ0v) is 33.7. The Morgan fingerprint density at radius 1 is 0.533 bits per heavy atom. The number of rotatable bonds is 12. The summed E-state index contributed by atoms with van der Waals surface area (Å²) in [4.78, 5) is 60.4. The Labute approximate surface area is 344 Å². The average molecular weight is 805 g/mol. The van der Waals surface area contributed by atoms with Crippen LogP contribution in [-0.4, -0.2) is 131 Å². The number of ether oxygens (including phenoxy) is 1. The third kappa shape index (κ3) is 7.63. The first kappa shape index (κ1) is 38.4. The van der Waals surface area contributed by atoms with Gasteiger partial charge in [0, 0.05) is 43.8 Å². The van der Waals surface area contributed by atoms with Crippen LogP contribution in [0.15, 0.2) is 91.0 Å². The lowest BCUT2D eigenvalue weighted by molar-refractivity contribution is -0.913. The summed E-state index contributed by atoms with van der Waals surface area (Å²) in [5.41, 5.74) is 5.64. The normalized spacial score (nSPS) is 12.5. The second kappa shape index (κ2) is 14.9. The highest BCUT2D eigenvalue weighted by Gasteiger charge is 2.32. The van der Waals surface area contributed by atoms with Crippen molar-refractivity contribution in [1.29, 1.82) is 0 Å². The molecule has 0 spiro atoms. The van der Waals surface area contributed by atoms with Crippen LogP contribution in [0.4, 0.5) is 0 Å². The predicted molar refractivity (Wildman–Crippen MR) is 229 cm³/mol. The van der Waals surface area contributed by atoms with E-state index in [-0.39, 0.29) is 12.8 Å². The molecule has 0 aliphatic carbocycles. The monoisotopic (exact) mass is 804 g/mol. The fourth-order valence-corrected chi connectivity index (χ4v) is 8.10. The van der Waals surface area contributed by atoms with Gasteiger partial charge in [-0.15, -0.1) is 0 Å². The van der Waals surface area contributed by atoms with Crippen LogP contribution < -0.4 is 4.74 Å². The molecule has 5 heterocycles. The van der Waals surface area contributed by atoms with Crippen LogP contribution in [0.3, 0.4) is 0 Å². The smallest absolute Gasteiger partial charge is 0.309 e. The standard InChI is InChI=1S/C45H42N10O5/c1-54(2,21-19-36(56)57)24-27(25-55(3,4)22-20-37(58)59)60-26-17-18-34-35(23-26)45-52-43-33-16-10-9-15-32(33)41(50-43)48-39-29-12-6-5-11-28(29)38(46-39)47-40-30-13-7-8-14-31(30)42(49-40)51-44(34)53-45/h5-18,23,27H,19-22,24-25H2,1-4H3,(H2-2,46,47,48,49,50,51,52,53,56,57,58,59)/p+2. The second-order valence-electron chi connectivity index (χ2n) is 16.7. The molecule has 3 aromatic heterocycles. The highest BCUT2D eigenvalue weighted by atomic mass is 16.5. The van der Waals surface area contributed by atoms with Gasteiger partial charge in [-0.1, -0.05) is 72.8 Å². The van der Waals surface area contributed by atoms with Gasteiger partial charge in [0.1, 0.15) is 41.4 Å². The van der Waals surface area contributed by atoms with Crippen LogP contribution in [0.2, 0.25) is 0 Å². The summed E-state index contributed by atoms with van der Waals surface area (Å²) in [5.74, 6) is 0.837. The molecule has 0 radical (unpaired) electrons. The molecule has 8 bridgehead atoms. The van der Waals surface area contributed by atoms with E-state index in [1.807, 2.05) is 119 Å². The third-order valence-electron chi connectivity index (χ3n) is 11.1. The van der Waals surface area contributed by atoms with Gasteiger partial charge in [-0.05, 0) is 18.2 Å². The van der Waals surface area contributed by atoms with Crippen molar-refractivity contribution < 1.29 is 33.5 Å². The average Bonchev–Trinajstić information content (AvgIpc) is 3.95. The van der Waals surface area contributed by atoms with Crippen LogP contribution >= 0.6 is 0 Å². The highest BCUT2D eigenvalue weighted by Crippen LogP contribution is 2.37. The number of carboxylic acids is 2. The Bertz CT molecular complexity index is 2990. The van der Waals surface area contributed by atoms with Gasteiger partial charge in [0.15, 0.2) is 29.4 Å². The number of aromatic nitrogens is 8. The van der Waals surface area contributed by atoms with E-state index in [1.54, 1.807) is 0 Å². The van der Waals surface area contributed by atoms with Crippen molar-refractivity contribution in [2.45, 2.75) is 18.9 Å². The van der Waals surface area contributed by atoms with E-state index < -0.39 is 18.0 Å². The Balaban J connectivity index is 1.25. The van der Waals surface area contributed by atoms with Gasteiger partial charge in [-0.2, -0.15) is 0 Å². The number of hydrogen-bond acceptors (Lipinski definition) is 9. The van der Waals surface area contributed by atoms with Gasteiger partial charge in [-0.25, -0.2) is 29.9 Å². The Hall–Kier alpha value is -7.10. The number of aromatic amines is 2. The van der Waals surface area contributed by atoms with Crippen molar-refractivity contribution in [3.8, 4) is 51.3 Å². The second-order valence-corrected chi connectivity index (χ2v) is 16.7. The van der Waals surface area contributed by atoms with Gasteiger partial charge < -0.3 is 33.9 Å². The maximum absolute atomic E-state index is 11.5. The summed E-state index contributed by atoms with van der Waals surface area (Å²) in [6.45, 7) is 1.78. The minimum atomic E-state index is -0.866. The Morgan fingerprint density at radius 2 is 0.900 bits per heavy atom. The maximum Gasteiger partial charge on any atom is 0.309 e. The highest BCUT2D eigenvalue weighted by molar-refractivity contribution is 6.06. The molecule has 4 aromatic carbocycles. The predicted octanol–water partition coefficient (Wildman–Crippen LogP) is 6.72. The molecule has 302 valence electrons. The number of hydrogen-bond donors (Lipinski definition) is 4. The number of carbonyl (C=O) groups is 2. The topological polar surface area (TPSA) is 193 Å². The number of fused-ring (bicyclic) bond motifs is 20. The minimum absolute atomic E-state index is 0.00849. The molecule has 0 saturated carbocycles. The number of aliphatic carboxylic acids is 2. The molecular formula is C45H44N10O5+2. The van der Waals surface area contributed by atoms with E-state index in [0.29, 0.717) is 86.8 Å². The van der Waals surface area contributed by atoms with Crippen molar-refractivity contribution in [2.75, 3.05) is 54.4 Å². The molecule has 0 atom stereocenters. The summed E-state index contributed by atoms with van der Waals surface area (Å²) in [6, 6.07) is 29.5. The lowest BCUT2D eigenvalue weighted by Crippen LogP contribution is -2.55. The molecule has 9 rings (SSSR count). The molecule has 0 unspecified atom stereocenters. The summed E-state index contributed by atoms with van der Waals surface area (Å²) in [6.07, 6.45) is -0.382. The zero-order chi connectivity index (χ0) is 41.8. The van der Waals surface area contributed by atoms with E-state index in [0.717, 1.165) is 43.8 Å². The van der Waals surface area contributed by atoms with Crippen LogP contribution in [0.25, 0.3) is 89.7 Å². The number of likely N-dealkylation sites (N-methyl/N-ethyl adjacent to an activating group) is 2. The molecule has 7 aromatic rings. The molecule has 2 aliphatic heterocycles. The van der Waals surface area contributed by atoms with Gasteiger partial charge in [0.25, 0.3) is 0 Å². The first-order valence-electron chi connectivity index (χ1n) is 19.8. The van der Waals surface area contributed by atoms with E-state index in [9.17, 15) is 19.8 Å². The molecule has 0 fully saturated rings. The van der Waals surface area contributed by atoms with Crippen LogP contribution in [0, 0.1) is 0 Å². The Kier molecular flexibility index (Phi) is 9.56. The van der Waals surface area contributed by atoms with Gasteiger partial charge in [0.2, 0.25) is 0 Å². The fraction of sp³-hybridized carbons (Fsp3) is 0.244. The molecule has 60 heavy (non-hydrogen) atoms. The van der Waals surface area contributed by atoms with Gasteiger partial charge in [0.05, 0.1) is 54.1 Å². The molecule has 4 N–H and O–H groups in total. The molecule has 0 amide bonds. The summed E-state index contributed by atoms with van der Waals surface area (Å²) in [5, 5.41) is 22.2. The fourth-order valence-electron chi connectivity index (χ4n) is 8.10. The Morgan fingerprint density at radius 3 is 1.30 bits per heavy atom. The lowest BCUT2D eigenvalue weighted by atomic mass is 10.1. The summed E-state index contributed by atoms with van der Waals surface area (Å²) in [7, 11) is 7.91. The van der Waals surface area contributed by atoms with Crippen molar-refractivity contribution in [3.05, 3.63) is 91.0 Å². The van der Waals surface area contributed by atoms with Crippen LogP contribution in [0.5, 0.6) is 5.75 Å². The van der Waals surface area contributed by atoms with E-state index in [4.69, 9.17) is 34.6 Å². The summed E-state index contributed by atoms with van der Waals surface area (Å²) < 4.78 is 7.59. The molecule has 2 aliphatic rings.